The van der Waals surface area contributed by atoms with Gasteiger partial charge in [-0.15, -0.1) is 0 Å². The Bertz CT molecular complexity index is 1660. The molecule has 0 unspecified atom stereocenters. The minimum Gasteiger partial charge on any atom is -0.474 e. The number of benzene rings is 1. The van der Waals surface area contributed by atoms with Gasteiger partial charge in [0.1, 0.15) is 23.8 Å². The van der Waals surface area contributed by atoms with E-state index in [9.17, 15) is 27.6 Å². The molecule has 2 aliphatic heterocycles. The number of ether oxygens (including phenoxy) is 2. The number of halogens is 4. The number of likely N-dealkylation sites (tertiary alicyclic amines) is 2. The van der Waals surface area contributed by atoms with Gasteiger partial charge in [0.25, 0.3) is 5.92 Å². The summed E-state index contributed by atoms with van der Waals surface area (Å²) in [5.41, 5.74) is -1.65. The lowest BCUT2D eigenvalue weighted by Gasteiger charge is -2.37. The second-order valence-electron chi connectivity index (χ2n) is 12.4. The van der Waals surface area contributed by atoms with Crippen LogP contribution < -0.4 is 9.47 Å². The number of likely N-dealkylation sites (N-methyl/N-ethyl adjacent to an activating group) is 1. The molecule has 2 aliphatic rings. The van der Waals surface area contributed by atoms with Crippen molar-refractivity contribution in [1.82, 2.24) is 29.9 Å². The van der Waals surface area contributed by atoms with Crippen LogP contribution in [0.2, 0.25) is 0 Å². The fourth-order valence-electron chi connectivity index (χ4n) is 6.19. The topological polar surface area (TPSA) is 130 Å². The molecule has 2 aromatic heterocycles. The maximum Gasteiger partial charge on any atom is 0.262 e. The Balaban J connectivity index is 1.46. The molecule has 15 heteroatoms. The third kappa shape index (κ3) is 7.22. The molecule has 0 radical (unpaired) electrons. The van der Waals surface area contributed by atoms with Gasteiger partial charge in [0.05, 0.1) is 36.6 Å². The highest BCUT2D eigenvalue weighted by Gasteiger charge is 2.46. The predicted molar refractivity (Wildman–Crippen MR) is 159 cm³/mol. The highest BCUT2D eigenvalue weighted by atomic mass is 19.3. The summed E-state index contributed by atoms with van der Waals surface area (Å²) in [5.74, 6) is -5.06. The van der Waals surface area contributed by atoms with E-state index < -0.39 is 60.2 Å². The fraction of sp³-hybridized carbons (Fsp3) is 0.500. The number of piperidine rings is 1. The number of carbonyl (C=O) groups is 1. The monoisotopic (exact) mass is 657 g/mol. The van der Waals surface area contributed by atoms with Crippen molar-refractivity contribution in [3.8, 4) is 29.5 Å². The molecule has 4 heterocycles. The number of nitriles is 1. The first-order chi connectivity index (χ1) is 22.2. The van der Waals surface area contributed by atoms with Gasteiger partial charge in [0.2, 0.25) is 35.2 Å². The maximum atomic E-state index is 14.7. The van der Waals surface area contributed by atoms with Gasteiger partial charge in [0.15, 0.2) is 0 Å². The molecule has 1 aromatic carbocycles. The summed E-state index contributed by atoms with van der Waals surface area (Å²) in [6.07, 6.45) is 0.458. The van der Waals surface area contributed by atoms with Gasteiger partial charge in [-0.3, -0.25) is 9.69 Å². The van der Waals surface area contributed by atoms with Crippen LogP contribution in [0.25, 0.3) is 11.6 Å². The molecule has 0 saturated carbocycles. The first kappa shape index (κ1) is 33.8. The largest absolute Gasteiger partial charge is 0.474 e. The molecule has 0 aliphatic carbocycles. The van der Waals surface area contributed by atoms with E-state index in [0.29, 0.717) is 19.4 Å². The Morgan fingerprint density at radius 1 is 1.23 bits per heavy atom. The van der Waals surface area contributed by atoms with E-state index in [1.807, 2.05) is 0 Å². The minimum absolute atomic E-state index is 0.0141. The Kier molecular flexibility index (Phi) is 9.53. The van der Waals surface area contributed by atoms with Gasteiger partial charge in [-0.05, 0) is 46.0 Å². The van der Waals surface area contributed by atoms with Crippen molar-refractivity contribution < 1.29 is 36.4 Å². The van der Waals surface area contributed by atoms with Gasteiger partial charge >= 0.3 is 0 Å². The molecule has 0 N–H and O–H groups in total. The van der Waals surface area contributed by atoms with Crippen molar-refractivity contribution in [2.45, 2.75) is 82.1 Å². The average molecular weight is 658 g/mol. The zero-order valence-corrected chi connectivity index (χ0v) is 26.4. The molecule has 0 bridgehead atoms. The van der Waals surface area contributed by atoms with Crippen molar-refractivity contribution >= 4 is 5.91 Å². The van der Waals surface area contributed by atoms with Crippen LogP contribution in [0.5, 0.6) is 11.8 Å². The molecular weight excluding hydrogens is 622 g/mol. The molecule has 5 rings (SSSR count). The third-order valence-electron chi connectivity index (χ3n) is 8.57. The molecule has 1 amide bonds. The van der Waals surface area contributed by atoms with Crippen LogP contribution in [0, 0.1) is 23.0 Å². The quantitative estimate of drug-likeness (QED) is 0.215. The van der Waals surface area contributed by atoms with Crippen LogP contribution in [0.4, 0.5) is 17.6 Å². The summed E-state index contributed by atoms with van der Waals surface area (Å²) in [6.45, 7) is 8.15. The Hall–Kier alpha value is -4.58. The van der Waals surface area contributed by atoms with E-state index in [1.54, 1.807) is 18.9 Å². The number of nitrogens with zero attached hydrogens (tertiary/aromatic N) is 7. The first-order valence-corrected chi connectivity index (χ1v) is 15.1. The van der Waals surface area contributed by atoms with Crippen LogP contribution in [0.15, 0.2) is 41.4 Å². The number of carbonyl (C=O) groups excluding carboxylic acids is 1. The molecule has 4 atom stereocenters. The van der Waals surface area contributed by atoms with Gasteiger partial charge < -0.3 is 18.9 Å². The standard InChI is InChI=1S/C32H35F4N7O4/c1-6-26(44)43-13-11-20(14-19(43)10-12-37)46-25-15-24(45-18(2)23-16-32(35,36)17-42(23)5)38-28(39-25)29-40-30(47-41-29)31(3,4)27-21(33)8-7-9-22(27)34/h6-9,15,18-20,23H,1,10-11,13-14,16-17H2,2-5H3/t18-,19+,20-,23-/m0/s1. The van der Waals surface area contributed by atoms with E-state index in [1.165, 1.54) is 37.0 Å². The second-order valence-corrected chi connectivity index (χ2v) is 12.4. The number of hydrogen-bond acceptors (Lipinski definition) is 10. The van der Waals surface area contributed by atoms with Crippen molar-refractivity contribution in [3.63, 3.8) is 0 Å². The molecule has 47 heavy (non-hydrogen) atoms. The highest BCUT2D eigenvalue weighted by Crippen LogP contribution is 2.36. The average Bonchev–Trinajstić information content (AvgIpc) is 3.61. The summed E-state index contributed by atoms with van der Waals surface area (Å²) in [5, 5.41) is 13.3. The maximum absolute atomic E-state index is 14.7. The van der Waals surface area contributed by atoms with E-state index in [2.05, 4.69) is 32.8 Å². The van der Waals surface area contributed by atoms with Crippen molar-refractivity contribution in [1.29, 1.82) is 5.26 Å². The van der Waals surface area contributed by atoms with E-state index in [-0.39, 0.29) is 47.2 Å². The third-order valence-corrected chi connectivity index (χ3v) is 8.57. The number of hydrogen-bond donors (Lipinski definition) is 0. The van der Waals surface area contributed by atoms with E-state index in [4.69, 9.17) is 14.0 Å². The number of alkyl halides is 2. The lowest BCUT2D eigenvalue weighted by molar-refractivity contribution is -0.130. The summed E-state index contributed by atoms with van der Waals surface area (Å²) in [7, 11) is 1.59. The van der Waals surface area contributed by atoms with Crippen LogP contribution >= 0.6 is 0 Å². The number of aromatic nitrogens is 4. The van der Waals surface area contributed by atoms with Crippen LogP contribution in [0.3, 0.4) is 0 Å². The zero-order valence-electron chi connectivity index (χ0n) is 26.4. The number of amides is 1. The molecule has 2 saturated heterocycles. The lowest BCUT2D eigenvalue weighted by atomic mass is 9.83. The first-order valence-electron chi connectivity index (χ1n) is 15.1. The van der Waals surface area contributed by atoms with Crippen molar-refractivity contribution in [2.24, 2.45) is 0 Å². The minimum atomic E-state index is -2.87. The Morgan fingerprint density at radius 2 is 1.94 bits per heavy atom. The van der Waals surface area contributed by atoms with Crippen LogP contribution in [-0.4, -0.2) is 86.2 Å². The fourth-order valence-corrected chi connectivity index (χ4v) is 6.19. The zero-order chi connectivity index (χ0) is 34.1. The molecule has 11 nitrogen and oxygen atoms in total. The van der Waals surface area contributed by atoms with Gasteiger partial charge in [-0.2, -0.15) is 20.2 Å². The summed E-state index contributed by atoms with van der Waals surface area (Å²) < 4.78 is 75.4. The normalized spacial score (nSPS) is 22.0. The van der Waals surface area contributed by atoms with Crippen molar-refractivity contribution in [2.75, 3.05) is 20.1 Å². The van der Waals surface area contributed by atoms with Gasteiger partial charge in [-0.1, -0.05) is 17.8 Å². The van der Waals surface area contributed by atoms with Crippen LogP contribution in [0.1, 0.15) is 57.9 Å². The van der Waals surface area contributed by atoms with Gasteiger partial charge in [0, 0.05) is 37.4 Å². The predicted octanol–water partition coefficient (Wildman–Crippen LogP) is 5.08. The SMILES string of the molecule is C=CC(=O)N1CC[C@H](Oc2cc(O[C@@H](C)[C@@H]3CC(F)(F)CN3C)nc(-c3noc(C(C)(C)c4c(F)cccc4F)n3)n2)C[C@H]1CC#N. The molecule has 2 fully saturated rings. The summed E-state index contributed by atoms with van der Waals surface area (Å²) in [6, 6.07) is 5.99. The molecule has 3 aromatic rings. The van der Waals surface area contributed by atoms with Crippen molar-refractivity contribution in [3.05, 3.63) is 60.0 Å². The summed E-state index contributed by atoms with van der Waals surface area (Å²) in [4.78, 5) is 28.7. The number of rotatable bonds is 10. The van der Waals surface area contributed by atoms with E-state index in [0.717, 1.165) is 12.1 Å². The Labute approximate surface area is 269 Å². The summed E-state index contributed by atoms with van der Waals surface area (Å²) >= 11 is 0. The molecule has 0 spiro atoms. The van der Waals surface area contributed by atoms with E-state index >= 15 is 0 Å². The van der Waals surface area contributed by atoms with Gasteiger partial charge in [-0.25, -0.2) is 17.6 Å². The lowest BCUT2D eigenvalue weighted by Crippen LogP contribution is -2.48. The smallest absolute Gasteiger partial charge is 0.262 e. The molecule has 250 valence electrons. The molecular formula is C32H35F4N7O4. The second kappa shape index (κ2) is 13.3. The van der Waals surface area contributed by atoms with Crippen LogP contribution in [-0.2, 0) is 10.2 Å². The highest BCUT2D eigenvalue weighted by molar-refractivity contribution is 5.87. The Morgan fingerprint density at radius 3 is 2.57 bits per heavy atom.